The van der Waals surface area contributed by atoms with Crippen molar-refractivity contribution in [3.05, 3.63) is 51.7 Å². The summed E-state index contributed by atoms with van der Waals surface area (Å²) in [5, 5.41) is 1.96. The van der Waals surface area contributed by atoms with Gasteiger partial charge < -0.3 is 9.80 Å². The summed E-state index contributed by atoms with van der Waals surface area (Å²) in [6.45, 7) is 7.68. The Hall–Kier alpha value is -1.81. The van der Waals surface area contributed by atoms with Crippen molar-refractivity contribution >= 4 is 22.9 Å². The second-order valence-corrected chi connectivity index (χ2v) is 6.49. The molecule has 1 saturated heterocycles. The van der Waals surface area contributed by atoms with Crippen LogP contribution in [0.25, 0.3) is 0 Å². The number of thiophene rings is 1. The summed E-state index contributed by atoms with van der Waals surface area (Å²) in [7, 11) is 0. The van der Waals surface area contributed by atoms with Gasteiger partial charge in [0.2, 0.25) is 0 Å². The number of nitrogens with zero attached hydrogens (tertiary/aromatic N) is 2. The first-order valence-electron chi connectivity index (χ1n) is 7.30. The minimum Gasteiger partial charge on any atom is -0.368 e. The van der Waals surface area contributed by atoms with Gasteiger partial charge in [-0.25, -0.2) is 0 Å². The van der Waals surface area contributed by atoms with E-state index in [-0.39, 0.29) is 5.91 Å². The number of piperazine rings is 1. The fourth-order valence-corrected chi connectivity index (χ4v) is 3.46. The van der Waals surface area contributed by atoms with Crippen LogP contribution in [0, 0.1) is 13.8 Å². The molecule has 3 nitrogen and oxygen atoms in total. The minimum absolute atomic E-state index is 0.172. The van der Waals surface area contributed by atoms with Crippen molar-refractivity contribution in [2.24, 2.45) is 0 Å². The van der Waals surface area contributed by atoms with E-state index in [1.165, 1.54) is 28.2 Å². The van der Waals surface area contributed by atoms with E-state index in [2.05, 4.69) is 36.9 Å². The second kappa shape index (κ2) is 5.90. The van der Waals surface area contributed by atoms with E-state index in [4.69, 9.17) is 0 Å². The zero-order valence-electron chi connectivity index (χ0n) is 12.5. The molecule has 2 aromatic rings. The van der Waals surface area contributed by atoms with Gasteiger partial charge in [-0.15, -0.1) is 11.3 Å². The Morgan fingerprint density at radius 2 is 1.86 bits per heavy atom. The molecule has 1 aliphatic heterocycles. The van der Waals surface area contributed by atoms with Gasteiger partial charge in [-0.05, 0) is 42.5 Å². The van der Waals surface area contributed by atoms with Gasteiger partial charge in [0.05, 0.1) is 4.88 Å². The molecule has 1 aromatic heterocycles. The van der Waals surface area contributed by atoms with Gasteiger partial charge in [0, 0.05) is 31.9 Å². The van der Waals surface area contributed by atoms with Crippen LogP contribution in [0.1, 0.15) is 20.8 Å². The molecule has 0 N–H and O–H groups in total. The van der Waals surface area contributed by atoms with Crippen LogP contribution in [0.4, 0.5) is 5.69 Å². The molecule has 2 heterocycles. The second-order valence-electron chi connectivity index (χ2n) is 5.55. The summed E-state index contributed by atoms with van der Waals surface area (Å²) in [6, 6.07) is 10.4. The van der Waals surface area contributed by atoms with Crippen LogP contribution in [0.2, 0.25) is 0 Å². The summed E-state index contributed by atoms with van der Waals surface area (Å²) in [5.74, 6) is 0.172. The molecule has 1 aliphatic rings. The molecule has 3 rings (SSSR count). The fraction of sp³-hybridized carbons (Fsp3) is 0.353. The van der Waals surface area contributed by atoms with Crippen molar-refractivity contribution < 1.29 is 4.79 Å². The predicted octanol–water partition coefficient (Wildman–Crippen LogP) is 3.33. The lowest BCUT2D eigenvalue weighted by Crippen LogP contribution is -2.48. The number of aryl methyl sites for hydroxylation is 2. The number of benzene rings is 1. The smallest absolute Gasteiger partial charge is 0.264 e. The van der Waals surface area contributed by atoms with Crippen LogP contribution in [-0.4, -0.2) is 37.0 Å². The van der Waals surface area contributed by atoms with E-state index >= 15 is 0 Å². The van der Waals surface area contributed by atoms with Crippen molar-refractivity contribution in [1.29, 1.82) is 0 Å². The monoisotopic (exact) mass is 300 g/mol. The van der Waals surface area contributed by atoms with Crippen molar-refractivity contribution in [3.63, 3.8) is 0 Å². The van der Waals surface area contributed by atoms with E-state index in [0.29, 0.717) is 0 Å². The first kappa shape index (κ1) is 14.1. The van der Waals surface area contributed by atoms with Gasteiger partial charge in [-0.2, -0.15) is 0 Å². The van der Waals surface area contributed by atoms with Gasteiger partial charge >= 0.3 is 0 Å². The molecule has 0 saturated carbocycles. The van der Waals surface area contributed by atoms with Crippen LogP contribution < -0.4 is 4.90 Å². The molecule has 1 fully saturated rings. The number of rotatable bonds is 2. The zero-order valence-corrected chi connectivity index (χ0v) is 13.3. The maximum Gasteiger partial charge on any atom is 0.264 e. The largest absolute Gasteiger partial charge is 0.368 e. The maximum absolute atomic E-state index is 12.3. The highest BCUT2D eigenvalue weighted by atomic mass is 32.1. The first-order valence-corrected chi connectivity index (χ1v) is 8.18. The van der Waals surface area contributed by atoms with Crippen molar-refractivity contribution in [2.75, 3.05) is 31.1 Å². The van der Waals surface area contributed by atoms with Gasteiger partial charge in [0.25, 0.3) is 5.91 Å². The van der Waals surface area contributed by atoms with E-state index in [0.717, 1.165) is 31.1 Å². The molecule has 4 heteroatoms. The minimum atomic E-state index is 0.172. The quantitative estimate of drug-likeness (QED) is 0.849. The van der Waals surface area contributed by atoms with E-state index in [9.17, 15) is 4.79 Å². The number of anilines is 1. The molecule has 110 valence electrons. The highest BCUT2D eigenvalue weighted by molar-refractivity contribution is 7.12. The molecule has 0 atom stereocenters. The van der Waals surface area contributed by atoms with Crippen LogP contribution in [0.15, 0.2) is 35.7 Å². The lowest BCUT2D eigenvalue weighted by atomic mass is 10.1. The zero-order chi connectivity index (χ0) is 14.8. The third-order valence-electron chi connectivity index (χ3n) is 4.00. The Labute approximate surface area is 129 Å². The number of hydrogen-bond acceptors (Lipinski definition) is 3. The molecule has 0 bridgehead atoms. The summed E-state index contributed by atoms with van der Waals surface area (Å²) >= 11 is 1.52. The Morgan fingerprint density at radius 1 is 1.10 bits per heavy atom. The van der Waals surface area contributed by atoms with E-state index in [1.54, 1.807) is 0 Å². The van der Waals surface area contributed by atoms with Gasteiger partial charge in [-0.3, -0.25) is 4.79 Å². The van der Waals surface area contributed by atoms with E-state index in [1.807, 2.05) is 22.4 Å². The summed E-state index contributed by atoms with van der Waals surface area (Å²) in [6.07, 6.45) is 0. The molecule has 1 amide bonds. The van der Waals surface area contributed by atoms with Gasteiger partial charge in [0.15, 0.2) is 0 Å². The Kier molecular flexibility index (Phi) is 3.97. The third-order valence-corrected chi connectivity index (χ3v) is 4.86. The topological polar surface area (TPSA) is 23.6 Å². The Morgan fingerprint density at radius 3 is 2.52 bits per heavy atom. The molecule has 0 unspecified atom stereocenters. The van der Waals surface area contributed by atoms with Crippen molar-refractivity contribution in [3.8, 4) is 0 Å². The number of carbonyl (C=O) groups excluding carboxylic acids is 1. The number of hydrogen-bond donors (Lipinski definition) is 0. The highest BCUT2D eigenvalue weighted by Crippen LogP contribution is 2.23. The van der Waals surface area contributed by atoms with Gasteiger partial charge in [-0.1, -0.05) is 18.2 Å². The van der Waals surface area contributed by atoms with Crippen LogP contribution in [-0.2, 0) is 0 Å². The van der Waals surface area contributed by atoms with Crippen molar-refractivity contribution in [2.45, 2.75) is 13.8 Å². The average molecular weight is 300 g/mol. The molecule has 21 heavy (non-hydrogen) atoms. The SMILES string of the molecule is Cc1ccc(C)c(N2CCN(C(=O)c3cccs3)CC2)c1. The normalized spacial score (nSPS) is 15.3. The molecule has 0 radical (unpaired) electrons. The lowest BCUT2D eigenvalue weighted by molar-refractivity contribution is 0.0751. The summed E-state index contributed by atoms with van der Waals surface area (Å²) in [5.41, 5.74) is 3.89. The molecular weight excluding hydrogens is 280 g/mol. The average Bonchev–Trinajstić information content (AvgIpc) is 3.03. The molecule has 0 aliphatic carbocycles. The first-order chi connectivity index (χ1) is 10.1. The fourth-order valence-electron chi connectivity index (χ4n) is 2.77. The lowest BCUT2D eigenvalue weighted by Gasteiger charge is -2.36. The Balaban J connectivity index is 1.68. The Bertz CT molecular complexity index is 628. The number of carbonyl (C=O) groups is 1. The molecule has 0 spiro atoms. The molecule has 1 aromatic carbocycles. The highest BCUT2D eigenvalue weighted by Gasteiger charge is 2.23. The number of amides is 1. The molecular formula is C17H20N2OS. The van der Waals surface area contributed by atoms with Crippen LogP contribution in [0.3, 0.4) is 0 Å². The summed E-state index contributed by atoms with van der Waals surface area (Å²) < 4.78 is 0. The summed E-state index contributed by atoms with van der Waals surface area (Å²) in [4.78, 5) is 17.5. The maximum atomic E-state index is 12.3. The standard InChI is InChI=1S/C17H20N2OS/c1-13-5-6-14(2)15(12-13)18-7-9-19(10-8-18)17(20)16-4-3-11-21-16/h3-6,11-12H,7-10H2,1-2H3. The van der Waals surface area contributed by atoms with E-state index < -0.39 is 0 Å². The van der Waals surface area contributed by atoms with Crippen LogP contribution in [0.5, 0.6) is 0 Å². The predicted molar refractivity (Wildman–Crippen MR) is 88.4 cm³/mol. The third kappa shape index (κ3) is 2.95. The van der Waals surface area contributed by atoms with Crippen LogP contribution >= 0.6 is 11.3 Å². The van der Waals surface area contributed by atoms with Crippen molar-refractivity contribution in [1.82, 2.24) is 4.90 Å². The van der Waals surface area contributed by atoms with Gasteiger partial charge in [0.1, 0.15) is 0 Å².